The molecule has 4 heteroatoms. The molecule has 1 aromatic carbocycles. The minimum absolute atomic E-state index is 0.0953. The predicted octanol–water partition coefficient (Wildman–Crippen LogP) is 4.59. The fourth-order valence-electron chi connectivity index (χ4n) is 2.40. The highest BCUT2D eigenvalue weighted by Gasteiger charge is 2.51. The zero-order valence-corrected chi connectivity index (χ0v) is 12.0. The third-order valence-electron chi connectivity index (χ3n) is 3.81. The third kappa shape index (κ3) is 2.94. The molecule has 0 saturated heterocycles. The molecule has 0 aliphatic heterocycles. The van der Waals surface area contributed by atoms with Gasteiger partial charge in [0.15, 0.2) is 5.60 Å². The lowest BCUT2D eigenvalue weighted by Gasteiger charge is -2.28. The number of aryl methyl sites for hydroxylation is 2. The quantitative estimate of drug-likeness (QED) is 0.855. The number of aliphatic hydroxyl groups is 1. The van der Waals surface area contributed by atoms with Gasteiger partial charge in [-0.15, -0.1) is 0 Å². The highest BCUT2D eigenvalue weighted by molar-refractivity contribution is 5.42. The Morgan fingerprint density at radius 2 is 1.58 bits per heavy atom. The van der Waals surface area contributed by atoms with Crippen LogP contribution in [0.3, 0.4) is 0 Å². The first kappa shape index (κ1) is 16.0. The number of hydrogen-bond donors (Lipinski definition) is 1. The van der Waals surface area contributed by atoms with Gasteiger partial charge in [-0.3, -0.25) is 0 Å². The number of hydrogen-bond acceptors (Lipinski definition) is 1. The summed E-state index contributed by atoms with van der Waals surface area (Å²) in [7, 11) is 0. The molecule has 0 aliphatic rings. The van der Waals surface area contributed by atoms with Crippen LogP contribution in [0.2, 0.25) is 0 Å². The first-order valence-electron chi connectivity index (χ1n) is 6.43. The molecular formula is C15H21F3O. The lowest BCUT2D eigenvalue weighted by molar-refractivity contribution is -0.258. The molecule has 0 amide bonds. The van der Waals surface area contributed by atoms with E-state index in [4.69, 9.17) is 0 Å². The van der Waals surface area contributed by atoms with E-state index in [0.717, 1.165) is 30.0 Å². The van der Waals surface area contributed by atoms with E-state index in [1.165, 1.54) is 12.1 Å². The highest BCUT2D eigenvalue weighted by atomic mass is 19.4. The van der Waals surface area contributed by atoms with Crippen molar-refractivity contribution < 1.29 is 18.3 Å². The Morgan fingerprint density at radius 3 is 1.89 bits per heavy atom. The van der Waals surface area contributed by atoms with Crippen LogP contribution < -0.4 is 0 Å². The van der Waals surface area contributed by atoms with Crippen LogP contribution in [-0.4, -0.2) is 11.3 Å². The molecule has 0 aromatic heterocycles. The summed E-state index contributed by atoms with van der Waals surface area (Å²) in [5.74, 6) is 0.296. The molecule has 0 spiro atoms. The van der Waals surface area contributed by atoms with Crippen LogP contribution in [0.4, 0.5) is 13.2 Å². The van der Waals surface area contributed by atoms with Crippen molar-refractivity contribution in [2.45, 2.75) is 58.7 Å². The molecule has 2 unspecified atom stereocenters. The summed E-state index contributed by atoms with van der Waals surface area (Å²) in [6.07, 6.45) is -3.75. The van der Waals surface area contributed by atoms with Gasteiger partial charge in [-0.1, -0.05) is 26.0 Å². The molecule has 1 rings (SSSR count). The van der Waals surface area contributed by atoms with E-state index in [9.17, 15) is 18.3 Å². The third-order valence-corrected chi connectivity index (χ3v) is 3.81. The molecule has 0 radical (unpaired) electrons. The van der Waals surface area contributed by atoms with Gasteiger partial charge in [-0.25, -0.2) is 0 Å². The van der Waals surface area contributed by atoms with Gasteiger partial charge < -0.3 is 5.11 Å². The van der Waals surface area contributed by atoms with Gasteiger partial charge in [0.1, 0.15) is 0 Å². The van der Waals surface area contributed by atoms with Crippen LogP contribution in [0.5, 0.6) is 0 Å². The second-order valence-corrected chi connectivity index (χ2v) is 5.40. The van der Waals surface area contributed by atoms with E-state index in [1.54, 1.807) is 13.8 Å². The monoisotopic (exact) mass is 274 g/mol. The Balaban J connectivity index is 3.37. The SMILES string of the molecule is CCC(C)c1c(C)cc(C(C)(O)C(F)(F)F)cc1C. The van der Waals surface area contributed by atoms with E-state index in [-0.39, 0.29) is 5.56 Å². The standard InChI is InChI=1S/C15H21F3O/c1-6-9(2)13-10(3)7-12(8-11(13)4)14(5,19)15(16,17)18/h7-9,19H,6H2,1-5H3. The van der Waals surface area contributed by atoms with Crippen molar-refractivity contribution in [3.8, 4) is 0 Å². The topological polar surface area (TPSA) is 20.2 Å². The predicted molar refractivity (Wildman–Crippen MR) is 70.2 cm³/mol. The second kappa shape index (κ2) is 5.16. The van der Waals surface area contributed by atoms with Crippen molar-refractivity contribution in [1.29, 1.82) is 0 Å². The molecule has 0 bridgehead atoms. The fourth-order valence-corrected chi connectivity index (χ4v) is 2.40. The Hall–Kier alpha value is -1.03. The number of halogens is 3. The smallest absolute Gasteiger partial charge is 0.376 e. The van der Waals surface area contributed by atoms with Gasteiger partial charge in [-0.05, 0) is 55.4 Å². The average Bonchev–Trinajstić information content (AvgIpc) is 2.25. The molecule has 1 aromatic rings. The van der Waals surface area contributed by atoms with Crippen molar-refractivity contribution in [1.82, 2.24) is 0 Å². The summed E-state index contributed by atoms with van der Waals surface area (Å²) in [4.78, 5) is 0. The Bertz CT molecular complexity index is 438. The maximum atomic E-state index is 12.9. The van der Waals surface area contributed by atoms with Gasteiger partial charge >= 0.3 is 6.18 Å². The number of alkyl halides is 3. The first-order chi connectivity index (χ1) is 8.52. The van der Waals surface area contributed by atoms with Crippen LogP contribution in [0.15, 0.2) is 12.1 Å². The largest absolute Gasteiger partial charge is 0.421 e. The summed E-state index contributed by atoms with van der Waals surface area (Å²) in [6, 6.07) is 2.89. The molecule has 19 heavy (non-hydrogen) atoms. The molecule has 0 heterocycles. The first-order valence-corrected chi connectivity index (χ1v) is 6.43. The molecule has 1 nitrogen and oxygen atoms in total. The highest BCUT2D eigenvalue weighted by Crippen LogP contribution is 2.40. The van der Waals surface area contributed by atoms with Gasteiger partial charge in [-0.2, -0.15) is 13.2 Å². The van der Waals surface area contributed by atoms with Gasteiger partial charge in [0, 0.05) is 0 Å². The van der Waals surface area contributed by atoms with Crippen LogP contribution in [0.1, 0.15) is 55.4 Å². The van der Waals surface area contributed by atoms with Crippen molar-refractivity contribution in [3.05, 3.63) is 34.4 Å². The summed E-state index contributed by atoms with van der Waals surface area (Å²) in [6.45, 7) is 8.49. The average molecular weight is 274 g/mol. The zero-order chi connectivity index (χ0) is 15.0. The van der Waals surface area contributed by atoms with E-state index in [2.05, 4.69) is 6.92 Å². The molecule has 0 fully saturated rings. The maximum absolute atomic E-state index is 12.9. The lowest BCUT2D eigenvalue weighted by atomic mass is 9.85. The van der Waals surface area contributed by atoms with E-state index in [1.807, 2.05) is 6.92 Å². The minimum Gasteiger partial charge on any atom is -0.376 e. The van der Waals surface area contributed by atoms with Crippen LogP contribution in [0.25, 0.3) is 0 Å². The van der Waals surface area contributed by atoms with Crippen molar-refractivity contribution in [3.63, 3.8) is 0 Å². The Labute approximate surface area is 112 Å². The number of benzene rings is 1. The van der Waals surface area contributed by atoms with Crippen LogP contribution in [0, 0.1) is 13.8 Å². The molecular weight excluding hydrogens is 253 g/mol. The summed E-state index contributed by atoms with van der Waals surface area (Å²) in [5, 5.41) is 9.73. The fraction of sp³-hybridized carbons (Fsp3) is 0.600. The van der Waals surface area contributed by atoms with Crippen LogP contribution >= 0.6 is 0 Å². The molecule has 108 valence electrons. The Morgan fingerprint density at radius 1 is 1.16 bits per heavy atom. The second-order valence-electron chi connectivity index (χ2n) is 5.40. The van der Waals surface area contributed by atoms with Crippen molar-refractivity contribution >= 4 is 0 Å². The number of rotatable bonds is 3. The summed E-state index contributed by atoms with van der Waals surface area (Å²) in [5.41, 5.74) is -0.231. The normalized spacial score (nSPS) is 17.1. The van der Waals surface area contributed by atoms with Gasteiger partial charge in [0.05, 0.1) is 0 Å². The van der Waals surface area contributed by atoms with Crippen LogP contribution in [-0.2, 0) is 5.60 Å². The Kier molecular flexibility index (Phi) is 4.35. The lowest BCUT2D eigenvalue weighted by Crippen LogP contribution is -2.39. The molecule has 0 saturated carbocycles. The van der Waals surface area contributed by atoms with E-state index >= 15 is 0 Å². The van der Waals surface area contributed by atoms with E-state index < -0.39 is 11.8 Å². The molecule has 0 aliphatic carbocycles. The zero-order valence-electron chi connectivity index (χ0n) is 12.0. The van der Waals surface area contributed by atoms with E-state index in [0.29, 0.717) is 5.92 Å². The van der Waals surface area contributed by atoms with Crippen molar-refractivity contribution in [2.24, 2.45) is 0 Å². The minimum atomic E-state index is -4.68. The molecule has 2 atom stereocenters. The maximum Gasteiger partial charge on any atom is 0.421 e. The summed E-state index contributed by atoms with van der Waals surface area (Å²) < 4.78 is 38.6. The van der Waals surface area contributed by atoms with Crippen molar-refractivity contribution in [2.75, 3.05) is 0 Å². The van der Waals surface area contributed by atoms with Gasteiger partial charge in [0.25, 0.3) is 0 Å². The summed E-state index contributed by atoms with van der Waals surface area (Å²) >= 11 is 0. The van der Waals surface area contributed by atoms with Gasteiger partial charge in [0.2, 0.25) is 0 Å². The molecule has 1 N–H and O–H groups in total.